The van der Waals surface area contributed by atoms with Gasteiger partial charge < -0.3 is 5.32 Å². The zero-order chi connectivity index (χ0) is 15.2. The summed E-state index contributed by atoms with van der Waals surface area (Å²) in [6, 6.07) is 10.8. The second-order valence-corrected chi connectivity index (χ2v) is 5.52. The number of Topliss-reactive ketones (excluding diaryl/α,β-unsaturated/α-hetero) is 1. The molecule has 1 N–H and O–H groups in total. The average Bonchev–Trinajstić information content (AvgIpc) is 2.48. The maximum Gasteiger partial charge on any atom is 0.224 e. The summed E-state index contributed by atoms with van der Waals surface area (Å²) < 4.78 is 0.704. The Bertz CT molecular complexity index is 636. The van der Waals surface area contributed by atoms with E-state index in [0.29, 0.717) is 15.9 Å². The number of carbonyl (C=O) groups is 2. The van der Waals surface area contributed by atoms with Crippen LogP contribution in [0.15, 0.2) is 47.2 Å². The number of hydrogen-bond acceptors (Lipinski definition) is 3. The van der Waals surface area contributed by atoms with Gasteiger partial charge in [-0.2, -0.15) is 0 Å². The van der Waals surface area contributed by atoms with Crippen LogP contribution < -0.4 is 5.32 Å². The van der Waals surface area contributed by atoms with Crippen LogP contribution in [0.5, 0.6) is 0 Å². The lowest BCUT2D eigenvalue weighted by molar-refractivity contribution is -0.116. The molecule has 21 heavy (non-hydrogen) atoms. The van der Waals surface area contributed by atoms with Crippen molar-refractivity contribution in [2.45, 2.75) is 19.8 Å². The van der Waals surface area contributed by atoms with Crippen molar-refractivity contribution in [1.29, 1.82) is 0 Å². The van der Waals surface area contributed by atoms with Crippen molar-refractivity contribution < 1.29 is 9.59 Å². The molecule has 0 bridgehead atoms. The fourth-order valence-corrected chi connectivity index (χ4v) is 2.02. The molecule has 1 aromatic heterocycles. The molecule has 2 rings (SSSR count). The number of amides is 1. The predicted octanol–water partition coefficient (Wildman–Crippen LogP) is 3.75. The summed E-state index contributed by atoms with van der Waals surface area (Å²) in [6.07, 6.45) is 1.91. The van der Waals surface area contributed by atoms with Crippen molar-refractivity contribution in [3.05, 3.63) is 58.3 Å². The minimum atomic E-state index is -0.195. The Morgan fingerprint density at radius 2 is 1.81 bits per heavy atom. The largest absolute Gasteiger partial charge is 0.325 e. The van der Waals surface area contributed by atoms with E-state index in [0.717, 1.165) is 5.56 Å². The van der Waals surface area contributed by atoms with Crippen molar-refractivity contribution in [1.82, 2.24) is 4.98 Å². The van der Waals surface area contributed by atoms with Gasteiger partial charge in [0.2, 0.25) is 5.91 Å². The number of carbonyl (C=O) groups excluding carboxylic acids is 2. The van der Waals surface area contributed by atoms with Crippen LogP contribution in [0.3, 0.4) is 0 Å². The van der Waals surface area contributed by atoms with Crippen molar-refractivity contribution in [3.63, 3.8) is 0 Å². The summed E-state index contributed by atoms with van der Waals surface area (Å²) in [5.41, 5.74) is 2.36. The SMILES string of the molecule is Cc1ccc(C(=O)CCC(=O)Nc2ccc(Br)nc2)cc1. The van der Waals surface area contributed by atoms with Gasteiger partial charge in [0.05, 0.1) is 11.9 Å². The third-order valence-corrected chi connectivity index (χ3v) is 3.43. The van der Waals surface area contributed by atoms with Crippen molar-refractivity contribution in [2.24, 2.45) is 0 Å². The third-order valence-electron chi connectivity index (χ3n) is 2.96. The maximum absolute atomic E-state index is 12.0. The van der Waals surface area contributed by atoms with Crippen LogP contribution in [0.2, 0.25) is 0 Å². The maximum atomic E-state index is 12.0. The van der Waals surface area contributed by atoms with Crippen molar-refractivity contribution >= 4 is 33.3 Å². The Morgan fingerprint density at radius 1 is 1.10 bits per heavy atom. The number of nitrogens with zero attached hydrogens (tertiary/aromatic N) is 1. The molecule has 0 saturated heterocycles. The molecule has 0 atom stereocenters. The lowest BCUT2D eigenvalue weighted by Gasteiger charge is -2.05. The molecule has 4 nitrogen and oxygen atoms in total. The van der Waals surface area contributed by atoms with Crippen LogP contribution >= 0.6 is 15.9 Å². The molecule has 1 heterocycles. The number of rotatable bonds is 5. The summed E-state index contributed by atoms with van der Waals surface area (Å²) in [5, 5.41) is 2.71. The number of aryl methyl sites for hydroxylation is 1. The second-order valence-electron chi connectivity index (χ2n) is 4.71. The van der Waals surface area contributed by atoms with Crippen molar-refractivity contribution in [3.8, 4) is 0 Å². The van der Waals surface area contributed by atoms with Gasteiger partial charge in [0.15, 0.2) is 5.78 Å². The van der Waals surface area contributed by atoms with Gasteiger partial charge >= 0.3 is 0 Å². The number of benzene rings is 1. The Labute approximate surface area is 131 Å². The van der Waals surface area contributed by atoms with E-state index in [4.69, 9.17) is 0 Å². The van der Waals surface area contributed by atoms with E-state index in [1.807, 2.05) is 19.1 Å². The van der Waals surface area contributed by atoms with Crippen LogP contribution in [0.25, 0.3) is 0 Å². The lowest BCUT2D eigenvalue weighted by Crippen LogP contribution is -2.13. The molecule has 5 heteroatoms. The number of anilines is 1. The summed E-state index contributed by atoms with van der Waals surface area (Å²) in [5.74, 6) is -0.223. The summed E-state index contributed by atoms with van der Waals surface area (Å²) >= 11 is 3.22. The summed E-state index contributed by atoms with van der Waals surface area (Å²) in [4.78, 5) is 27.8. The topological polar surface area (TPSA) is 59.1 Å². The molecule has 0 radical (unpaired) electrons. The Morgan fingerprint density at radius 3 is 2.43 bits per heavy atom. The molecule has 0 unspecified atom stereocenters. The molecular weight excluding hydrogens is 332 g/mol. The molecule has 1 amide bonds. The number of ketones is 1. The van der Waals surface area contributed by atoms with Gasteiger partial charge in [0.1, 0.15) is 4.60 Å². The van der Waals surface area contributed by atoms with E-state index in [1.165, 1.54) is 0 Å². The van der Waals surface area contributed by atoms with Crippen LogP contribution in [0.4, 0.5) is 5.69 Å². The minimum absolute atomic E-state index is 0.0286. The molecule has 0 aliphatic rings. The minimum Gasteiger partial charge on any atom is -0.325 e. The monoisotopic (exact) mass is 346 g/mol. The van der Waals surface area contributed by atoms with E-state index < -0.39 is 0 Å². The molecular formula is C16H15BrN2O2. The number of pyridine rings is 1. The van der Waals surface area contributed by atoms with Gasteiger partial charge in [0, 0.05) is 18.4 Å². The van der Waals surface area contributed by atoms with Gasteiger partial charge in [-0.1, -0.05) is 29.8 Å². The first-order valence-corrected chi connectivity index (χ1v) is 7.35. The molecule has 0 spiro atoms. The smallest absolute Gasteiger partial charge is 0.224 e. The first-order chi connectivity index (χ1) is 10.0. The molecule has 108 valence electrons. The van der Waals surface area contributed by atoms with Gasteiger partial charge in [-0.3, -0.25) is 9.59 Å². The van der Waals surface area contributed by atoms with Crippen LogP contribution in [0, 0.1) is 6.92 Å². The second kappa shape index (κ2) is 7.13. The highest BCUT2D eigenvalue weighted by Crippen LogP contribution is 2.12. The van der Waals surface area contributed by atoms with Gasteiger partial charge in [-0.05, 0) is 35.0 Å². The van der Waals surface area contributed by atoms with Crippen molar-refractivity contribution in [2.75, 3.05) is 5.32 Å². The first-order valence-electron chi connectivity index (χ1n) is 6.56. The number of nitrogens with one attached hydrogen (secondary N) is 1. The van der Waals surface area contributed by atoms with E-state index >= 15 is 0 Å². The number of aromatic nitrogens is 1. The van der Waals surface area contributed by atoms with E-state index in [1.54, 1.807) is 30.5 Å². The standard InChI is InChI=1S/C16H15BrN2O2/c1-11-2-4-12(5-3-11)14(20)7-9-16(21)19-13-6-8-15(17)18-10-13/h2-6,8,10H,7,9H2,1H3,(H,19,21). The van der Waals surface area contributed by atoms with Crippen LogP contribution in [0.1, 0.15) is 28.8 Å². The lowest BCUT2D eigenvalue weighted by atomic mass is 10.1. The predicted molar refractivity (Wildman–Crippen MR) is 85.3 cm³/mol. The fourth-order valence-electron chi connectivity index (χ4n) is 1.78. The zero-order valence-corrected chi connectivity index (χ0v) is 13.2. The van der Waals surface area contributed by atoms with E-state index in [9.17, 15) is 9.59 Å². The first kappa shape index (κ1) is 15.4. The molecule has 0 aliphatic carbocycles. The number of halogens is 1. The van der Waals surface area contributed by atoms with E-state index in [-0.39, 0.29) is 24.5 Å². The van der Waals surface area contributed by atoms with Crippen LogP contribution in [-0.4, -0.2) is 16.7 Å². The molecule has 0 fully saturated rings. The Hall–Kier alpha value is -2.01. The quantitative estimate of drug-likeness (QED) is 0.662. The van der Waals surface area contributed by atoms with Gasteiger partial charge in [-0.25, -0.2) is 4.98 Å². The Balaban J connectivity index is 1.84. The molecule has 0 saturated carbocycles. The molecule has 1 aromatic carbocycles. The molecule has 2 aromatic rings. The fraction of sp³-hybridized carbons (Fsp3) is 0.188. The number of hydrogen-bond donors (Lipinski definition) is 1. The third kappa shape index (κ3) is 4.79. The zero-order valence-electron chi connectivity index (χ0n) is 11.6. The van der Waals surface area contributed by atoms with E-state index in [2.05, 4.69) is 26.2 Å². The van der Waals surface area contributed by atoms with Gasteiger partial charge in [0.25, 0.3) is 0 Å². The van der Waals surface area contributed by atoms with Gasteiger partial charge in [-0.15, -0.1) is 0 Å². The normalized spacial score (nSPS) is 10.2. The summed E-state index contributed by atoms with van der Waals surface area (Å²) in [7, 11) is 0. The Kier molecular flexibility index (Phi) is 5.22. The highest BCUT2D eigenvalue weighted by atomic mass is 79.9. The van der Waals surface area contributed by atoms with Crippen LogP contribution in [-0.2, 0) is 4.79 Å². The molecule has 0 aliphatic heterocycles. The summed E-state index contributed by atoms with van der Waals surface area (Å²) in [6.45, 7) is 1.97. The highest BCUT2D eigenvalue weighted by molar-refractivity contribution is 9.10. The highest BCUT2D eigenvalue weighted by Gasteiger charge is 2.09. The average molecular weight is 347 g/mol.